The predicted molar refractivity (Wildman–Crippen MR) is 66.3 cm³/mol. The van der Waals surface area contributed by atoms with Crippen LogP contribution in [0.1, 0.15) is 47.0 Å². The van der Waals surface area contributed by atoms with E-state index in [0.29, 0.717) is 5.66 Å². The summed E-state index contributed by atoms with van der Waals surface area (Å²) in [6.07, 6.45) is 3.40. The molecule has 72 valence electrons. The van der Waals surface area contributed by atoms with Gasteiger partial charge in [-0.3, -0.25) is 0 Å². The van der Waals surface area contributed by atoms with Gasteiger partial charge in [-0.05, 0) is 13.3 Å². The van der Waals surface area contributed by atoms with Crippen molar-refractivity contribution in [2.24, 2.45) is 0 Å². The normalized spacial score (nSPS) is 15.9. The minimum Gasteiger partial charge on any atom is -0.124 e. The molecule has 0 aromatic heterocycles. The maximum Gasteiger partial charge on any atom is 0.194 e. The molecule has 3 heteroatoms. The van der Waals surface area contributed by atoms with Gasteiger partial charge in [0.15, 0.2) is 23.0 Å². The van der Waals surface area contributed by atoms with Crippen LogP contribution in [-0.4, -0.2) is 10.1 Å². The van der Waals surface area contributed by atoms with Crippen molar-refractivity contribution in [2.75, 3.05) is 0 Å². The number of thiol groups is 1. The number of hydrogen-bond donors (Lipinski definition) is 1. The van der Waals surface area contributed by atoms with Gasteiger partial charge in [-0.25, -0.2) is 0 Å². The minimum atomic E-state index is -0.340. The molecule has 0 rings (SSSR count). The van der Waals surface area contributed by atoms with E-state index in [9.17, 15) is 0 Å². The average Bonchev–Trinajstić information content (AvgIpc) is 2.14. The Bertz CT molecular complexity index is 153. The molecule has 0 fully saturated rings. The Morgan fingerprint density at radius 3 is 2.00 bits per heavy atom. The van der Waals surface area contributed by atoms with Gasteiger partial charge in [0.2, 0.25) is 0 Å². The topological polar surface area (TPSA) is 0 Å². The van der Waals surface area contributed by atoms with Crippen LogP contribution in [0.15, 0.2) is 0 Å². The SMILES string of the molecule is CCC(C)[P+](=S)C(S)(CC)CC. The second kappa shape index (κ2) is 5.57. The van der Waals surface area contributed by atoms with E-state index in [-0.39, 0.29) is 11.2 Å². The maximum atomic E-state index is 5.58. The van der Waals surface area contributed by atoms with Gasteiger partial charge in [-0.2, -0.15) is 0 Å². The van der Waals surface area contributed by atoms with Crippen LogP contribution in [0.3, 0.4) is 0 Å². The number of rotatable bonds is 5. The highest BCUT2D eigenvalue weighted by atomic mass is 32.4. The lowest BCUT2D eigenvalue weighted by molar-refractivity contribution is 0.724. The third kappa shape index (κ3) is 2.97. The molecule has 0 spiro atoms. The first-order chi connectivity index (χ1) is 5.51. The van der Waals surface area contributed by atoms with E-state index in [2.05, 4.69) is 27.7 Å². The van der Waals surface area contributed by atoms with Gasteiger partial charge in [0, 0.05) is 12.8 Å². The van der Waals surface area contributed by atoms with Crippen molar-refractivity contribution in [3.63, 3.8) is 0 Å². The fourth-order valence-electron chi connectivity index (χ4n) is 1.14. The molecule has 0 saturated heterocycles. The van der Waals surface area contributed by atoms with Gasteiger partial charge in [0.05, 0.1) is 0 Å². The third-order valence-corrected chi connectivity index (χ3v) is 8.97. The Kier molecular flexibility index (Phi) is 5.97. The van der Waals surface area contributed by atoms with Crippen molar-refractivity contribution in [3.8, 4) is 0 Å². The van der Waals surface area contributed by atoms with Crippen LogP contribution in [0, 0.1) is 0 Å². The van der Waals surface area contributed by atoms with E-state index >= 15 is 0 Å². The molecule has 12 heavy (non-hydrogen) atoms. The summed E-state index contributed by atoms with van der Waals surface area (Å²) in [5.74, 6) is 0. The first kappa shape index (κ1) is 12.9. The molecule has 0 aliphatic carbocycles. The maximum absolute atomic E-state index is 5.58. The molecule has 0 nitrogen and oxygen atoms in total. The zero-order valence-electron chi connectivity index (χ0n) is 8.50. The van der Waals surface area contributed by atoms with Crippen molar-refractivity contribution in [2.45, 2.75) is 57.1 Å². The quantitative estimate of drug-likeness (QED) is 0.539. The monoisotopic (exact) mass is 223 g/mol. The fourth-order valence-corrected chi connectivity index (χ4v) is 4.73. The molecule has 0 aromatic carbocycles. The lowest BCUT2D eigenvalue weighted by atomic mass is 10.2. The van der Waals surface area contributed by atoms with Crippen molar-refractivity contribution >= 4 is 31.1 Å². The van der Waals surface area contributed by atoms with Gasteiger partial charge in [0.1, 0.15) is 5.66 Å². The first-order valence-corrected chi connectivity index (χ1v) is 7.57. The molecule has 0 aliphatic rings. The molecule has 2 atom stereocenters. The lowest BCUT2D eigenvalue weighted by Gasteiger charge is -2.19. The van der Waals surface area contributed by atoms with Crippen LogP contribution in [0.2, 0.25) is 0 Å². The predicted octanol–water partition coefficient (Wildman–Crippen LogP) is 4.17. The van der Waals surface area contributed by atoms with Crippen molar-refractivity contribution in [1.29, 1.82) is 0 Å². The number of hydrogen-bond acceptors (Lipinski definition) is 2. The fraction of sp³-hybridized carbons (Fsp3) is 1.00. The third-order valence-electron chi connectivity index (χ3n) is 2.53. The van der Waals surface area contributed by atoms with Gasteiger partial charge >= 0.3 is 0 Å². The molecule has 0 radical (unpaired) electrons. The highest BCUT2D eigenvalue weighted by molar-refractivity contribution is 8.11. The summed E-state index contributed by atoms with van der Waals surface area (Å²) < 4.78 is 0.139. The Hall–Kier alpha value is 0.870. The second-order valence-corrected chi connectivity index (χ2v) is 8.05. The molecule has 0 aromatic rings. The summed E-state index contributed by atoms with van der Waals surface area (Å²) in [4.78, 5) is 0. The Labute approximate surface area is 88.3 Å². The zero-order chi connectivity index (χ0) is 9.78. The molecule has 0 amide bonds. The van der Waals surface area contributed by atoms with Gasteiger partial charge in [-0.1, -0.05) is 20.8 Å². The minimum absolute atomic E-state index is 0.139. The summed E-state index contributed by atoms with van der Waals surface area (Å²) >= 11 is 10.3. The van der Waals surface area contributed by atoms with Crippen LogP contribution < -0.4 is 0 Å². The molecule has 0 aliphatic heterocycles. The second-order valence-electron chi connectivity index (χ2n) is 3.27. The summed E-state index contributed by atoms with van der Waals surface area (Å²) in [5.41, 5.74) is 0.674. The van der Waals surface area contributed by atoms with Crippen LogP contribution >= 0.6 is 19.3 Å². The molecule has 0 heterocycles. The van der Waals surface area contributed by atoms with E-state index in [1.54, 1.807) is 0 Å². The van der Waals surface area contributed by atoms with Gasteiger partial charge in [-0.15, -0.1) is 12.6 Å². The molecule has 0 saturated carbocycles. The van der Waals surface area contributed by atoms with E-state index in [0.717, 1.165) is 12.8 Å². The smallest absolute Gasteiger partial charge is 0.124 e. The van der Waals surface area contributed by atoms with E-state index in [1.165, 1.54) is 6.42 Å². The van der Waals surface area contributed by atoms with Crippen molar-refractivity contribution in [1.82, 2.24) is 0 Å². The van der Waals surface area contributed by atoms with E-state index < -0.39 is 0 Å². The van der Waals surface area contributed by atoms with Gasteiger partial charge in [0.25, 0.3) is 0 Å². The summed E-state index contributed by atoms with van der Waals surface area (Å²) in [6.45, 7) is 8.52. The Balaban J connectivity index is 4.41. The summed E-state index contributed by atoms with van der Waals surface area (Å²) in [5, 5.41) is 0. The molecule has 2 unspecified atom stereocenters. The standard InChI is InChI=1S/C9H19PS2/c1-5-8(4)10(12)9(11,6-2)7-3/h8H,5-7H2,1-4H3/p+1. The molecule has 0 bridgehead atoms. The molecule has 0 N–H and O–H groups in total. The van der Waals surface area contributed by atoms with E-state index in [4.69, 9.17) is 24.4 Å². The van der Waals surface area contributed by atoms with Gasteiger partial charge < -0.3 is 0 Å². The first-order valence-electron chi connectivity index (χ1n) is 4.70. The highest BCUT2D eigenvalue weighted by Gasteiger charge is 2.40. The van der Waals surface area contributed by atoms with Crippen LogP contribution in [0.4, 0.5) is 0 Å². The Morgan fingerprint density at radius 2 is 1.75 bits per heavy atom. The van der Waals surface area contributed by atoms with Crippen molar-refractivity contribution in [3.05, 3.63) is 0 Å². The highest BCUT2D eigenvalue weighted by Crippen LogP contribution is 2.51. The van der Waals surface area contributed by atoms with Crippen LogP contribution in [-0.2, 0) is 11.8 Å². The largest absolute Gasteiger partial charge is 0.194 e. The van der Waals surface area contributed by atoms with E-state index in [1.807, 2.05) is 0 Å². The average molecular weight is 223 g/mol. The van der Waals surface area contributed by atoms with Crippen LogP contribution in [0.5, 0.6) is 0 Å². The zero-order valence-corrected chi connectivity index (χ0v) is 11.1. The van der Waals surface area contributed by atoms with Crippen molar-refractivity contribution < 1.29 is 0 Å². The summed E-state index contributed by atoms with van der Waals surface area (Å²) in [6, 6.07) is 0. The summed E-state index contributed by atoms with van der Waals surface area (Å²) in [7, 11) is 0. The van der Waals surface area contributed by atoms with Crippen LogP contribution in [0.25, 0.3) is 0 Å². The Morgan fingerprint density at radius 1 is 1.33 bits per heavy atom. The molecular weight excluding hydrogens is 203 g/mol. The molecular formula is C9H20PS2+. The lowest BCUT2D eigenvalue weighted by Crippen LogP contribution is -2.17.